The molecule has 1 aliphatic heterocycles. The van der Waals surface area contributed by atoms with Crippen molar-refractivity contribution in [3.63, 3.8) is 0 Å². The Balaban J connectivity index is 0.000000956. The molecule has 0 aliphatic carbocycles. The molecular formula is C14H19IN2O2S. The Hall–Kier alpha value is -0.890. The fraction of sp³-hybridized carbons (Fsp3) is 0.429. The minimum atomic E-state index is -0.854. The van der Waals surface area contributed by atoms with Gasteiger partial charge in [-0.2, -0.15) is 0 Å². The third kappa shape index (κ3) is 4.31. The lowest BCUT2D eigenvalue weighted by molar-refractivity contribution is 0.0972. The zero-order valence-corrected chi connectivity index (χ0v) is 14.6. The summed E-state index contributed by atoms with van der Waals surface area (Å²) >= 11 is 7.61. The Morgan fingerprint density at radius 3 is 2.40 bits per heavy atom. The molecular weight excluding hydrogens is 387 g/mol. The average Bonchev–Trinajstić information content (AvgIpc) is 2.49. The van der Waals surface area contributed by atoms with Crippen molar-refractivity contribution < 1.29 is 9.90 Å². The minimum Gasteiger partial charge on any atom is -0.465 e. The largest absolute Gasteiger partial charge is 0.465 e. The molecule has 4 nitrogen and oxygen atoms in total. The van der Waals surface area contributed by atoms with Crippen LogP contribution in [0.2, 0.25) is 0 Å². The van der Waals surface area contributed by atoms with Gasteiger partial charge in [0.15, 0.2) is 0 Å². The van der Waals surface area contributed by atoms with Gasteiger partial charge >= 0.3 is 6.09 Å². The Morgan fingerprint density at radius 1 is 1.30 bits per heavy atom. The third-order valence-corrected chi connectivity index (χ3v) is 3.68. The van der Waals surface area contributed by atoms with Gasteiger partial charge in [0.2, 0.25) is 0 Å². The van der Waals surface area contributed by atoms with Gasteiger partial charge in [0.05, 0.1) is 0 Å². The number of carbonyl (C=O) groups is 1. The lowest BCUT2D eigenvalue weighted by atomic mass is 10.1. The third-order valence-electron chi connectivity index (χ3n) is 3.18. The monoisotopic (exact) mass is 406 g/mol. The molecule has 1 fully saturated rings. The molecule has 20 heavy (non-hydrogen) atoms. The molecule has 1 atom stereocenters. The summed E-state index contributed by atoms with van der Waals surface area (Å²) in [7, 11) is 0. The van der Waals surface area contributed by atoms with E-state index in [1.54, 1.807) is 0 Å². The first-order valence-corrected chi connectivity index (χ1v) is 8.88. The normalized spacial score (nSPS) is 18.1. The summed E-state index contributed by atoms with van der Waals surface area (Å²) in [6.07, 6.45) is -0.854. The Kier molecular flexibility index (Phi) is 7.22. The van der Waals surface area contributed by atoms with Gasteiger partial charge in [-0.3, -0.25) is 0 Å². The highest BCUT2D eigenvalue weighted by Crippen LogP contribution is 2.14. The number of piperazine rings is 1. The maximum Gasteiger partial charge on any atom is 0.407 e. The zero-order valence-electron chi connectivity index (χ0n) is 11.6. The van der Waals surface area contributed by atoms with Gasteiger partial charge in [0.25, 0.3) is 0 Å². The summed E-state index contributed by atoms with van der Waals surface area (Å²) in [6, 6.07) is 9.80. The fourth-order valence-electron chi connectivity index (χ4n) is 2.19. The van der Waals surface area contributed by atoms with Crippen molar-refractivity contribution in [2.24, 2.45) is 0 Å². The molecule has 1 heterocycles. The van der Waals surface area contributed by atoms with Gasteiger partial charge in [-0.25, -0.2) is 4.79 Å². The highest BCUT2D eigenvalue weighted by molar-refractivity contribution is 14.1. The second-order valence-corrected chi connectivity index (χ2v) is 4.83. The first-order chi connectivity index (χ1) is 9.59. The summed E-state index contributed by atoms with van der Waals surface area (Å²) in [6.45, 7) is 3.72. The minimum absolute atomic E-state index is 0.0297. The molecule has 6 heteroatoms. The number of benzene rings is 1. The van der Waals surface area contributed by atoms with E-state index in [4.69, 9.17) is 17.3 Å². The van der Waals surface area contributed by atoms with Crippen molar-refractivity contribution in [3.8, 4) is 0 Å². The lowest BCUT2D eigenvalue weighted by Gasteiger charge is -2.39. The van der Waals surface area contributed by atoms with E-state index in [1.165, 1.54) is 4.90 Å². The van der Waals surface area contributed by atoms with E-state index >= 15 is 0 Å². The highest BCUT2D eigenvalue weighted by atomic mass is 127. The molecule has 1 aromatic rings. The second-order valence-electron chi connectivity index (χ2n) is 4.44. The number of thiocarbonyl (C=S) groups is 1. The van der Waals surface area contributed by atoms with Crippen LogP contribution in [0, 0.1) is 0 Å². The summed E-state index contributed by atoms with van der Waals surface area (Å²) in [4.78, 5) is 17.3. The molecule has 1 saturated heterocycles. The highest BCUT2D eigenvalue weighted by Gasteiger charge is 2.28. The molecule has 0 spiro atoms. The Morgan fingerprint density at radius 2 is 1.90 bits per heavy atom. The zero-order chi connectivity index (χ0) is 15.1. The summed E-state index contributed by atoms with van der Waals surface area (Å²) in [5, 5.41) is 9.03. The van der Waals surface area contributed by atoms with Gasteiger partial charge in [-0.05, 0) is 11.9 Å². The van der Waals surface area contributed by atoms with E-state index < -0.39 is 6.09 Å². The first kappa shape index (κ1) is 17.2. The fourth-order valence-corrected chi connectivity index (χ4v) is 2.49. The molecule has 0 aromatic heterocycles. The van der Waals surface area contributed by atoms with E-state index in [1.807, 2.05) is 42.2 Å². The van der Waals surface area contributed by atoms with Crippen molar-refractivity contribution in [2.75, 3.05) is 24.6 Å². The number of nitrogens with zero attached hydrogens (tertiary/aromatic N) is 2. The van der Waals surface area contributed by atoms with Crippen molar-refractivity contribution in [1.29, 1.82) is 0 Å². The van der Waals surface area contributed by atoms with Crippen molar-refractivity contribution >= 4 is 45.9 Å². The predicted molar refractivity (Wildman–Crippen MR) is 93.9 cm³/mol. The molecule has 1 aliphatic rings. The van der Waals surface area contributed by atoms with Crippen LogP contribution >= 0.6 is 34.8 Å². The summed E-state index contributed by atoms with van der Waals surface area (Å²) in [5.74, 6) is 0. The molecule has 1 aromatic carbocycles. The van der Waals surface area contributed by atoms with Gasteiger partial charge in [0, 0.05) is 31.2 Å². The molecule has 1 N–H and O–H groups in total. The van der Waals surface area contributed by atoms with Crippen LogP contribution in [0.3, 0.4) is 0 Å². The smallest absolute Gasteiger partial charge is 0.407 e. The molecule has 1 amide bonds. The van der Waals surface area contributed by atoms with Crippen LogP contribution in [0.4, 0.5) is 4.79 Å². The second kappa shape index (κ2) is 8.41. The number of rotatable bonds is 1. The number of carboxylic acid groups (broad SMARTS) is 1. The summed E-state index contributed by atoms with van der Waals surface area (Å²) < 4.78 is 0. The summed E-state index contributed by atoms with van der Waals surface area (Å²) in [5.41, 5.74) is 1.02. The predicted octanol–water partition coefficient (Wildman–Crippen LogP) is 3.10. The van der Waals surface area contributed by atoms with E-state index in [0.29, 0.717) is 19.6 Å². The van der Waals surface area contributed by atoms with Crippen LogP contribution < -0.4 is 0 Å². The van der Waals surface area contributed by atoms with E-state index in [0.717, 1.165) is 10.6 Å². The molecule has 0 bridgehead atoms. The Bertz CT molecular complexity index is 456. The lowest BCUT2D eigenvalue weighted by Crippen LogP contribution is -2.54. The molecule has 0 radical (unpaired) electrons. The topological polar surface area (TPSA) is 43.8 Å². The average molecular weight is 406 g/mol. The van der Waals surface area contributed by atoms with Crippen molar-refractivity contribution in [1.82, 2.24) is 9.80 Å². The van der Waals surface area contributed by atoms with Crippen LogP contribution in [0.1, 0.15) is 12.5 Å². The number of halogens is 1. The quantitative estimate of drug-likeness (QED) is 0.442. The van der Waals surface area contributed by atoms with E-state index in [9.17, 15) is 4.79 Å². The number of hydrogen-bond donors (Lipinski definition) is 1. The van der Waals surface area contributed by atoms with Gasteiger partial charge < -0.3 is 14.9 Å². The van der Waals surface area contributed by atoms with Crippen LogP contribution in [0.15, 0.2) is 30.3 Å². The maximum absolute atomic E-state index is 11.0. The van der Waals surface area contributed by atoms with Crippen molar-refractivity contribution in [2.45, 2.75) is 13.0 Å². The number of amides is 1. The van der Waals surface area contributed by atoms with Crippen LogP contribution in [0.25, 0.3) is 0 Å². The van der Waals surface area contributed by atoms with E-state index in [-0.39, 0.29) is 6.04 Å². The van der Waals surface area contributed by atoms with Crippen LogP contribution in [0.5, 0.6) is 0 Å². The van der Waals surface area contributed by atoms with Gasteiger partial charge in [-0.1, -0.05) is 65.1 Å². The number of alkyl halides is 1. The Labute approximate surface area is 138 Å². The van der Waals surface area contributed by atoms with Gasteiger partial charge in [-0.15, -0.1) is 0 Å². The SMILES string of the molecule is CI.C[C@@H]1CN(C(=S)c2ccccc2)CCN1C(=O)O. The molecule has 0 unspecified atom stereocenters. The van der Waals surface area contributed by atoms with Crippen LogP contribution in [-0.4, -0.2) is 56.6 Å². The first-order valence-electron chi connectivity index (χ1n) is 6.31. The molecule has 110 valence electrons. The van der Waals surface area contributed by atoms with Crippen LogP contribution in [-0.2, 0) is 0 Å². The molecule has 2 rings (SSSR count). The van der Waals surface area contributed by atoms with E-state index in [2.05, 4.69) is 27.5 Å². The maximum atomic E-state index is 11.0. The molecule has 0 saturated carbocycles. The van der Waals surface area contributed by atoms with Crippen molar-refractivity contribution in [3.05, 3.63) is 35.9 Å². The standard InChI is InChI=1S/C13H16N2O2S.CH3I/c1-10-9-14(7-8-15(10)13(16)17)12(18)11-5-3-2-4-6-11;1-2/h2-6,10H,7-9H2,1H3,(H,16,17);1H3/t10-;/m1./s1. The van der Waals surface area contributed by atoms with Gasteiger partial charge in [0.1, 0.15) is 4.99 Å². The number of hydrogen-bond acceptors (Lipinski definition) is 2.